The van der Waals surface area contributed by atoms with E-state index in [2.05, 4.69) is 22.9 Å². The molecule has 0 amide bonds. The zero-order chi connectivity index (χ0) is 14.2. The van der Waals surface area contributed by atoms with Crippen molar-refractivity contribution in [3.05, 3.63) is 34.3 Å². The van der Waals surface area contributed by atoms with Crippen LogP contribution in [0.15, 0.2) is 28.7 Å². The molecule has 3 nitrogen and oxygen atoms in total. The minimum Gasteiger partial charge on any atom is -0.323 e. The predicted octanol–water partition coefficient (Wildman–Crippen LogP) is 3.81. The van der Waals surface area contributed by atoms with E-state index in [0.717, 1.165) is 23.7 Å². The van der Waals surface area contributed by atoms with Gasteiger partial charge in [0.15, 0.2) is 0 Å². The highest BCUT2D eigenvalue weighted by atomic mass is 79.9. The molecule has 3 saturated heterocycles. The molecule has 1 aromatic carbocycles. The van der Waals surface area contributed by atoms with E-state index in [1.165, 1.54) is 0 Å². The molecule has 1 aromatic rings. The Hall–Kier alpha value is -0.420. The van der Waals surface area contributed by atoms with Gasteiger partial charge in [-0.25, -0.2) is 0 Å². The van der Waals surface area contributed by atoms with Crippen molar-refractivity contribution in [2.45, 2.75) is 38.3 Å². The highest BCUT2D eigenvalue weighted by Gasteiger charge is 2.50. The van der Waals surface area contributed by atoms with Crippen LogP contribution >= 0.6 is 15.9 Å². The zero-order valence-corrected chi connectivity index (χ0v) is 12.6. The van der Waals surface area contributed by atoms with Gasteiger partial charge in [0.05, 0.1) is 20.7 Å². The number of hydrogen-bond acceptors (Lipinski definition) is 3. The first kappa shape index (κ1) is 12.3. The molecule has 0 aromatic heterocycles. The SMILES string of the molecule is [3H]c1cc(Br)ccc1C12OCC(CO1)C(CCCC)O2. The molecule has 1 unspecified atom stereocenters. The maximum atomic E-state index is 8.13. The van der Waals surface area contributed by atoms with Crippen LogP contribution in [-0.2, 0) is 20.2 Å². The van der Waals surface area contributed by atoms with E-state index in [1.54, 1.807) is 6.07 Å². The topological polar surface area (TPSA) is 27.7 Å². The van der Waals surface area contributed by atoms with E-state index in [4.69, 9.17) is 15.6 Å². The fraction of sp³-hybridized carbons (Fsp3) is 0.600. The maximum absolute atomic E-state index is 8.13. The molecule has 3 aliphatic rings. The molecule has 3 aliphatic heterocycles. The molecule has 104 valence electrons. The average molecular weight is 329 g/mol. The van der Waals surface area contributed by atoms with Crippen LogP contribution in [-0.4, -0.2) is 19.3 Å². The van der Waals surface area contributed by atoms with Gasteiger partial charge in [-0.3, -0.25) is 0 Å². The van der Waals surface area contributed by atoms with Gasteiger partial charge in [-0.2, -0.15) is 0 Å². The molecule has 0 N–H and O–H groups in total. The second-order valence-corrected chi connectivity index (χ2v) is 6.07. The standard InChI is InChI=1S/C15H19BrO3/c1-2-3-4-14-11-9-17-15(19-14,18-10-11)12-5-7-13(16)8-6-12/h5-8,11,14H,2-4,9-10H2,1H3/i5T. The van der Waals surface area contributed by atoms with Gasteiger partial charge >= 0.3 is 5.97 Å². The van der Waals surface area contributed by atoms with Crippen molar-refractivity contribution in [2.24, 2.45) is 5.92 Å². The Morgan fingerprint density at radius 2 is 2.16 bits per heavy atom. The van der Waals surface area contributed by atoms with Crippen molar-refractivity contribution in [2.75, 3.05) is 13.2 Å². The van der Waals surface area contributed by atoms with Crippen LogP contribution < -0.4 is 0 Å². The lowest BCUT2D eigenvalue weighted by Gasteiger charge is -2.49. The van der Waals surface area contributed by atoms with Crippen LogP contribution in [0.1, 0.15) is 33.1 Å². The fourth-order valence-corrected chi connectivity index (χ4v) is 2.86. The van der Waals surface area contributed by atoms with Gasteiger partial charge in [0.2, 0.25) is 0 Å². The second-order valence-electron chi connectivity index (χ2n) is 5.16. The average Bonchev–Trinajstić information content (AvgIpc) is 2.46. The molecule has 19 heavy (non-hydrogen) atoms. The minimum atomic E-state index is -1.18. The molecule has 0 spiro atoms. The summed E-state index contributed by atoms with van der Waals surface area (Å²) >= 11 is 3.37. The Morgan fingerprint density at radius 1 is 1.37 bits per heavy atom. The Labute approximate surface area is 123 Å². The van der Waals surface area contributed by atoms with E-state index in [-0.39, 0.29) is 6.10 Å². The predicted molar refractivity (Wildman–Crippen MR) is 75.6 cm³/mol. The third kappa shape index (κ3) is 2.59. The molecule has 4 heteroatoms. The highest BCUT2D eigenvalue weighted by molar-refractivity contribution is 9.10. The Balaban J connectivity index is 1.87. The van der Waals surface area contributed by atoms with Crippen LogP contribution in [0.3, 0.4) is 0 Å². The van der Waals surface area contributed by atoms with Crippen molar-refractivity contribution in [1.29, 1.82) is 0 Å². The normalized spacial score (nSPS) is 34.3. The number of halogens is 1. The molecule has 1 atom stereocenters. The lowest BCUT2D eigenvalue weighted by molar-refractivity contribution is -0.479. The minimum absolute atomic E-state index is 0.167. The van der Waals surface area contributed by atoms with Gasteiger partial charge in [0.1, 0.15) is 0 Å². The van der Waals surface area contributed by atoms with Gasteiger partial charge in [0, 0.05) is 16.0 Å². The first-order valence-electron chi connectivity index (χ1n) is 7.37. The van der Waals surface area contributed by atoms with E-state index < -0.39 is 5.97 Å². The number of unbranched alkanes of at least 4 members (excludes halogenated alkanes) is 1. The van der Waals surface area contributed by atoms with E-state index in [0.29, 0.717) is 30.7 Å². The molecule has 2 bridgehead atoms. The molecule has 0 radical (unpaired) electrons. The summed E-state index contributed by atoms with van der Waals surface area (Å²) in [7, 11) is 0. The molecule has 0 aliphatic carbocycles. The molecule has 3 fully saturated rings. The molecular formula is C15H19BrO3. The lowest BCUT2D eigenvalue weighted by Crippen LogP contribution is -2.56. The lowest BCUT2D eigenvalue weighted by atomic mass is 9.95. The third-order valence-corrected chi connectivity index (χ3v) is 4.25. The summed E-state index contributed by atoms with van der Waals surface area (Å²) in [5, 5.41) is 0. The summed E-state index contributed by atoms with van der Waals surface area (Å²) in [6, 6.07) is 5.84. The molecule has 4 rings (SSSR count). The summed E-state index contributed by atoms with van der Waals surface area (Å²) in [6.45, 7) is 3.47. The van der Waals surface area contributed by atoms with E-state index >= 15 is 0 Å². The monoisotopic (exact) mass is 328 g/mol. The largest absolute Gasteiger partial charge is 0.323 e. The first-order valence-corrected chi connectivity index (χ1v) is 7.66. The van der Waals surface area contributed by atoms with Crippen LogP contribution in [0.25, 0.3) is 0 Å². The van der Waals surface area contributed by atoms with Gasteiger partial charge < -0.3 is 14.2 Å². The van der Waals surface area contributed by atoms with Crippen molar-refractivity contribution in [1.82, 2.24) is 0 Å². The van der Waals surface area contributed by atoms with Gasteiger partial charge in [0.25, 0.3) is 0 Å². The van der Waals surface area contributed by atoms with Crippen LogP contribution in [0, 0.1) is 5.92 Å². The number of hydrogen-bond donors (Lipinski definition) is 0. The van der Waals surface area contributed by atoms with Crippen molar-refractivity contribution >= 4 is 15.9 Å². The number of ether oxygens (including phenoxy) is 3. The molecular weight excluding hydrogens is 308 g/mol. The van der Waals surface area contributed by atoms with Gasteiger partial charge in [-0.15, -0.1) is 0 Å². The number of fused-ring (bicyclic) bond motifs is 3. The molecule has 0 saturated carbocycles. The van der Waals surface area contributed by atoms with Crippen LogP contribution in [0.4, 0.5) is 0 Å². The zero-order valence-electron chi connectivity index (χ0n) is 12.0. The summed E-state index contributed by atoms with van der Waals surface area (Å²) < 4.78 is 26.7. The third-order valence-electron chi connectivity index (χ3n) is 3.75. The summed E-state index contributed by atoms with van der Waals surface area (Å²) in [5.41, 5.74) is 0.653. The smallest absolute Gasteiger partial charge is 0.312 e. The highest BCUT2D eigenvalue weighted by Crippen LogP contribution is 2.43. The fourth-order valence-electron chi connectivity index (χ4n) is 2.62. The van der Waals surface area contributed by atoms with Gasteiger partial charge in [-0.1, -0.05) is 35.7 Å². The summed E-state index contributed by atoms with van der Waals surface area (Å²) in [6.07, 6.45) is 3.49. The quantitative estimate of drug-likeness (QED) is 0.841. The van der Waals surface area contributed by atoms with Gasteiger partial charge in [-0.05, 0) is 30.7 Å². The maximum Gasteiger partial charge on any atom is 0.312 e. The second kappa shape index (κ2) is 5.52. The van der Waals surface area contributed by atoms with E-state index in [1.807, 2.05) is 12.1 Å². The van der Waals surface area contributed by atoms with E-state index in [9.17, 15) is 0 Å². The first-order chi connectivity index (χ1) is 9.64. The molecule has 3 heterocycles. The van der Waals surface area contributed by atoms with Crippen molar-refractivity contribution in [3.8, 4) is 0 Å². The summed E-state index contributed by atoms with van der Waals surface area (Å²) in [4.78, 5) is 0. The number of benzene rings is 1. The van der Waals surface area contributed by atoms with Crippen LogP contribution in [0.2, 0.25) is 0 Å². The Morgan fingerprint density at radius 3 is 2.84 bits per heavy atom. The Bertz CT molecular complexity index is 486. The Kier molecular flexibility index (Phi) is 3.58. The van der Waals surface area contributed by atoms with Crippen molar-refractivity contribution in [3.63, 3.8) is 0 Å². The number of rotatable bonds is 4. The van der Waals surface area contributed by atoms with Crippen molar-refractivity contribution < 1.29 is 15.6 Å². The summed E-state index contributed by atoms with van der Waals surface area (Å²) in [5.74, 6) is -0.863. The van der Waals surface area contributed by atoms with Crippen LogP contribution in [0.5, 0.6) is 0 Å².